The Morgan fingerprint density at radius 2 is 1.96 bits per heavy atom. The first-order valence-electron chi connectivity index (χ1n) is 10.0. The van der Waals surface area contributed by atoms with Crippen LogP contribution in [-0.4, -0.2) is 35.4 Å². The standard InChI is InChI=1S/C22H26N4O/c27-22(25-19-8-10-24-21-18(19)7-4-9-23-21)20-16-11-17(20)14-26(13-16)12-15-5-2-1-3-6-15/h1-7,9,16-17,19-20H,8,10-14H2,(H,23,24)(H,25,27)/t16-,17+,19?,20?. The summed E-state index contributed by atoms with van der Waals surface area (Å²) in [7, 11) is 0. The van der Waals surface area contributed by atoms with Gasteiger partial charge in [0.1, 0.15) is 5.82 Å². The van der Waals surface area contributed by atoms with E-state index < -0.39 is 0 Å². The molecular formula is C22H26N4O. The zero-order chi connectivity index (χ0) is 18.2. The lowest BCUT2D eigenvalue weighted by Crippen LogP contribution is -2.59. The molecule has 1 amide bonds. The van der Waals surface area contributed by atoms with Gasteiger partial charge in [-0.05, 0) is 36.3 Å². The molecule has 2 N–H and O–H groups in total. The average molecular weight is 362 g/mol. The van der Waals surface area contributed by atoms with Crippen molar-refractivity contribution in [3.8, 4) is 0 Å². The number of fused-ring (bicyclic) bond motifs is 3. The molecule has 5 heteroatoms. The van der Waals surface area contributed by atoms with Crippen LogP contribution in [0, 0.1) is 17.8 Å². The summed E-state index contributed by atoms with van der Waals surface area (Å²) in [6.45, 7) is 3.93. The lowest BCUT2D eigenvalue weighted by molar-refractivity contribution is -0.142. The van der Waals surface area contributed by atoms with Crippen LogP contribution in [0.4, 0.5) is 5.82 Å². The smallest absolute Gasteiger partial charge is 0.224 e. The molecule has 6 rings (SSSR count). The van der Waals surface area contributed by atoms with Gasteiger partial charge >= 0.3 is 0 Å². The van der Waals surface area contributed by atoms with E-state index in [9.17, 15) is 4.79 Å². The van der Waals surface area contributed by atoms with Crippen LogP contribution in [0.15, 0.2) is 48.7 Å². The number of nitrogens with one attached hydrogen (secondary N) is 2. The molecule has 3 fully saturated rings. The van der Waals surface area contributed by atoms with Crippen LogP contribution in [0.2, 0.25) is 0 Å². The third-order valence-corrected chi connectivity index (χ3v) is 6.41. The molecule has 4 aliphatic rings. The molecule has 3 aliphatic heterocycles. The molecule has 27 heavy (non-hydrogen) atoms. The zero-order valence-corrected chi connectivity index (χ0v) is 15.5. The highest BCUT2D eigenvalue weighted by molar-refractivity contribution is 5.81. The van der Waals surface area contributed by atoms with E-state index in [2.05, 4.69) is 56.9 Å². The predicted molar refractivity (Wildman–Crippen MR) is 105 cm³/mol. The Morgan fingerprint density at radius 1 is 1.15 bits per heavy atom. The lowest BCUT2D eigenvalue weighted by Gasteiger charge is -2.53. The first-order valence-corrected chi connectivity index (χ1v) is 10.0. The molecule has 0 spiro atoms. The fraction of sp³-hybridized carbons (Fsp3) is 0.455. The molecule has 5 nitrogen and oxygen atoms in total. The van der Waals surface area contributed by atoms with Crippen LogP contribution < -0.4 is 10.6 Å². The number of hydrogen-bond donors (Lipinski definition) is 2. The highest BCUT2D eigenvalue weighted by Crippen LogP contribution is 2.46. The number of aromatic nitrogens is 1. The highest BCUT2D eigenvalue weighted by atomic mass is 16.2. The molecule has 0 radical (unpaired) electrons. The Hall–Kier alpha value is -2.40. The summed E-state index contributed by atoms with van der Waals surface area (Å²) in [5, 5.41) is 6.66. The second kappa shape index (κ2) is 6.97. The highest BCUT2D eigenvalue weighted by Gasteiger charge is 2.50. The van der Waals surface area contributed by atoms with Gasteiger partial charge in [0.2, 0.25) is 5.91 Å². The fourth-order valence-corrected chi connectivity index (χ4v) is 5.14. The number of pyridine rings is 1. The summed E-state index contributed by atoms with van der Waals surface area (Å²) in [5.41, 5.74) is 2.48. The maximum absolute atomic E-state index is 13.0. The molecule has 2 saturated heterocycles. The number of hydrogen-bond acceptors (Lipinski definition) is 4. The molecule has 1 aromatic heterocycles. The van der Waals surface area contributed by atoms with Gasteiger partial charge in [0, 0.05) is 43.9 Å². The summed E-state index contributed by atoms with van der Waals surface area (Å²) >= 11 is 0. The maximum atomic E-state index is 13.0. The van der Waals surface area contributed by atoms with E-state index in [1.54, 1.807) is 6.20 Å². The SMILES string of the molecule is O=C(NC1CCNc2ncccc21)C1[C@@H]2C[C@H]1CN(Cc1ccccc1)C2. The van der Waals surface area contributed by atoms with Crippen LogP contribution in [-0.2, 0) is 11.3 Å². The van der Waals surface area contributed by atoms with E-state index in [4.69, 9.17) is 0 Å². The zero-order valence-electron chi connectivity index (χ0n) is 15.5. The van der Waals surface area contributed by atoms with E-state index >= 15 is 0 Å². The number of piperidine rings is 2. The summed E-state index contributed by atoms with van der Waals surface area (Å²) in [4.78, 5) is 19.9. The minimum absolute atomic E-state index is 0.0872. The van der Waals surface area contributed by atoms with Crippen LogP contribution in [0.3, 0.4) is 0 Å². The Bertz CT molecular complexity index is 812. The van der Waals surface area contributed by atoms with Crippen LogP contribution >= 0.6 is 0 Å². The molecule has 140 valence electrons. The maximum Gasteiger partial charge on any atom is 0.224 e. The summed E-state index contributed by atoms with van der Waals surface area (Å²) in [6, 6.07) is 14.7. The topological polar surface area (TPSA) is 57.3 Å². The van der Waals surface area contributed by atoms with E-state index in [0.717, 1.165) is 44.0 Å². The fourth-order valence-electron chi connectivity index (χ4n) is 5.14. The van der Waals surface area contributed by atoms with Crippen molar-refractivity contribution >= 4 is 11.7 Å². The molecule has 4 heterocycles. The largest absolute Gasteiger partial charge is 0.370 e. The van der Waals surface area contributed by atoms with E-state index in [0.29, 0.717) is 11.8 Å². The van der Waals surface area contributed by atoms with E-state index in [1.165, 1.54) is 12.0 Å². The third-order valence-electron chi connectivity index (χ3n) is 6.41. The van der Waals surface area contributed by atoms with Crippen molar-refractivity contribution in [1.29, 1.82) is 0 Å². The van der Waals surface area contributed by atoms with Crippen molar-refractivity contribution in [2.45, 2.75) is 25.4 Å². The van der Waals surface area contributed by atoms with Crippen LogP contribution in [0.1, 0.15) is 30.0 Å². The summed E-state index contributed by atoms with van der Waals surface area (Å²) < 4.78 is 0. The number of anilines is 1. The average Bonchev–Trinajstić information content (AvgIpc) is 2.69. The Labute approximate surface area is 160 Å². The lowest BCUT2D eigenvalue weighted by atomic mass is 9.61. The number of nitrogens with zero attached hydrogens (tertiary/aromatic N) is 2. The molecule has 1 saturated carbocycles. The molecule has 2 bridgehead atoms. The van der Waals surface area contributed by atoms with Crippen LogP contribution in [0.25, 0.3) is 0 Å². The number of benzene rings is 1. The third kappa shape index (κ3) is 3.21. The van der Waals surface area contributed by atoms with Crippen molar-refractivity contribution in [2.24, 2.45) is 17.8 Å². The Balaban J connectivity index is 1.21. The van der Waals surface area contributed by atoms with Gasteiger partial charge in [0.05, 0.1) is 6.04 Å². The van der Waals surface area contributed by atoms with Gasteiger partial charge in [-0.3, -0.25) is 9.69 Å². The second-order valence-corrected chi connectivity index (χ2v) is 8.18. The molecule has 2 aromatic rings. The second-order valence-electron chi connectivity index (χ2n) is 8.18. The first-order chi connectivity index (χ1) is 13.3. The van der Waals surface area contributed by atoms with Crippen LogP contribution in [0.5, 0.6) is 0 Å². The number of carbonyl (C=O) groups excluding carboxylic acids is 1. The quantitative estimate of drug-likeness (QED) is 0.878. The van der Waals surface area contributed by atoms with Gasteiger partial charge in [-0.2, -0.15) is 0 Å². The van der Waals surface area contributed by atoms with Gasteiger partial charge in [-0.25, -0.2) is 4.98 Å². The van der Waals surface area contributed by atoms with Crippen molar-refractivity contribution in [3.05, 3.63) is 59.8 Å². The minimum Gasteiger partial charge on any atom is -0.370 e. The van der Waals surface area contributed by atoms with Gasteiger partial charge < -0.3 is 10.6 Å². The normalized spacial score (nSPS) is 29.2. The Kier molecular flexibility index (Phi) is 4.32. The first kappa shape index (κ1) is 16.8. The van der Waals surface area contributed by atoms with E-state index in [-0.39, 0.29) is 17.9 Å². The predicted octanol–water partition coefficient (Wildman–Crippen LogP) is 2.82. The van der Waals surface area contributed by atoms with Gasteiger partial charge in [0.15, 0.2) is 0 Å². The molecule has 2 unspecified atom stereocenters. The van der Waals surface area contributed by atoms with E-state index in [1.807, 2.05) is 6.07 Å². The van der Waals surface area contributed by atoms with Crippen molar-refractivity contribution < 1.29 is 4.79 Å². The monoisotopic (exact) mass is 362 g/mol. The number of carbonyl (C=O) groups is 1. The molecular weight excluding hydrogens is 336 g/mol. The van der Waals surface area contributed by atoms with Gasteiger partial charge in [0.25, 0.3) is 0 Å². The van der Waals surface area contributed by atoms with Gasteiger partial charge in [-0.1, -0.05) is 36.4 Å². The summed E-state index contributed by atoms with van der Waals surface area (Å²) in [5.74, 6) is 2.35. The Morgan fingerprint density at radius 3 is 2.78 bits per heavy atom. The molecule has 1 aliphatic carbocycles. The molecule has 1 aromatic carbocycles. The summed E-state index contributed by atoms with van der Waals surface area (Å²) in [6.07, 6.45) is 3.92. The van der Waals surface area contributed by atoms with Crippen molar-refractivity contribution in [2.75, 3.05) is 25.0 Å². The van der Waals surface area contributed by atoms with Crippen molar-refractivity contribution in [1.82, 2.24) is 15.2 Å². The molecule has 4 atom stereocenters. The number of amides is 1. The van der Waals surface area contributed by atoms with Crippen molar-refractivity contribution in [3.63, 3.8) is 0 Å². The minimum atomic E-state index is 0.0872. The van der Waals surface area contributed by atoms with Gasteiger partial charge in [-0.15, -0.1) is 0 Å². The number of rotatable bonds is 4.